The van der Waals surface area contributed by atoms with Gasteiger partial charge in [-0.05, 0) is 36.4 Å². The maximum atomic E-state index is 13.1. The molecule has 2 aromatic carbocycles. The minimum Gasteiger partial charge on any atom is -0.495 e. The second-order valence-corrected chi connectivity index (χ2v) is 9.29. The molecule has 4 rings (SSSR count). The minimum absolute atomic E-state index is 0.0622. The lowest BCUT2D eigenvalue weighted by molar-refractivity contribution is -0.114. The lowest BCUT2D eigenvalue weighted by Gasteiger charge is -2.10. The number of benzene rings is 2. The molecule has 0 bridgehead atoms. The summed E-state index contributed by atoms with van der Waals surface area (Å²) in [6.45, 7) is 1.43. The maximum absolute atomic E-state index is 13.1. The lowest BCUT2D eigenvalue weighted by atomic mass is 10.1. The summed E-state index contributed by atoms with van der Waals surface area (Å²) in [7, 11) is -2.43. The summed E-state index contributed by atoms with van der Waals surface area (Å²) in [6, 6.07) is 16.8. The predicted molar refractivity (Wildman–Crippen MR) is 116 cm³/mol. The van der Waals surface area contributed by atoms with Gasteiger partial charge in [-0.15, -0.1) is 0 Å². The third kappa shape index (κ3) is 3.77. The van der Waals surface area contributed by atoms with Crippen molar-refractivity contribution < 1.29 is 17.9 Å². The van der Waals surface area contributed by atoms with Crippen molar-refractivity contribution in [2.24, 2.45) is 0 Å². The molecule has 0 aliphatic carbocycles. The fourth-order valence-corrected chi connectivity index (χ4v) is 5.29. The number of hydrogen-bond donors (Lipinski definition) is 1. The van der Waals surface area contributed by atoms with Crippen LogP contribution in [-0.4, -0.2) is 31.4 Å². The molecule has 0 atom stereocenters. The van der Waals surface area contributed by atoms with E-state index in [0.29, 0.717) is 10.8 Å². The number of anilines is 1. The van der Waals surface area contributed by atoms with Crippen molar-refractivity contribution in [3.05, 3.63) is 60.7 Å². The molecule has 7 nitrogen and oxygen atoms in total. The number of thiazole rings is 1. The van der Waals surface area contributed by atoms with E-state index in [2.05, 4.69) is 15.3 Å². The number of sulfone groups is 1. The number of pyridine rings is 1. The average molecular weight is 440 g/mol. The Labute approximate surface area is 177 Å². The van der Waals surface area contributed by atoms with Crippen LogP contribution in [0.4, 0.5) is 5.13 Å². The summed E-state index contributed by atoms with van der Waals surface area (Å²) in [5.41, 5.74) is 2.00. The molecule has 1 amide bonds. The zero-order valence-corrected chi connectivity index (χ0v) is 17.8. The molecule has 0 radical (unpaired) electrons. The van der Waals surface area contributed by atoms with Crippen LogP contribution >= 0.6 is 11.3 Å². The Morgan fingerprint density at radius 3 is 2.60 bits per heavy atom. The number of methoxy groups -OCH3 is 1. The highest BCUT2D eigenvalue weighted by molar-refractivity contribution is 7.91. The highest BCUT2D eigenvalue weighted by Crippen LogP contribution is 2.32. The number of para-hydroxylation sites is 1. The van der Waals surface area contributed by atoms with Gasteiger partial charge in [0.2, 0.25) is 15.7 Å². The largest absolute Gasteiger partial charge is 0.495 e. The molecule has 9 heteroatoms. The molecule has 30 heavy (non-hydrogen) atoms. The van der Waals surface area contributed by atoms with E-state index in [4.69, 9.17) is 4.74 Å². The first-order chi connectivity index (χ1) is 14.4. The van der Waals surface area contributed by atoms with Crippen molar-refractivity contribution in [2.45, 2.75) is 16.8 Å². The molecule has 0 spiro atoms. The second-order valence-electron chi connectivity index (χ2n) is 6.40. The van der Waals surface area contributed by atoms with Crippen molar-refractivity contribution in [3.63, 3.8) is 0 Å². The first kappa shape index (κ1) is 20.0. The number of nitrogens with one attached hydrogen (secondary N) is 1. The molecule has 2 aromatic heterocycles. The number of hydrogen-bond acceptors (Lipinski definition) is 7. The van der Waals surface area contributed by atoms with Gasteiger partial charge in [-0.25, -0.2) is 18.4 Å². The topological polar surface area (TPSA) is 98.3 Å². The monoisotopic (exact) mass is 439 g/mol. The van der Waals surface area contributed by atoms with Crippen LogP contribution in [-0.2, 0) is 14.6 Å². The Bertz CT molecular complexity index is 1360. The molecule has 4 aromatic rings. The summed E-state index contributed by atoms with van der Waals surface area (Å²) < 4.78 is 32.3. The Balaban J connectivity index is 1.75. The number of carbonyl (C=O) groups is 1. The molecule has 152 valence electrons. The molecular formula is C21H17N3O4S2. The van der Waals surface area contributed by atoms with Crippen LogP contribution in [0, 0.1) is 0 Å². The molecule has 0 saturated heterocycles. The van der Waals surface area contributed by atoms with E-state index in [9.17, 15) is 13.2 Å². The lowest BCUT2D eigenvalue weighted by Crippen LogP contribution is -2.06. The first-order valence-corrected chi connectivity index (χ1v) is 11.2. The van der Waals surface area contributed by atoms with Crippen molar-refractivity contribution in [1.29, 1.82) is 0 Å². The fraction of sp³-hybridized carbons (Fsp3) is 0.0952. The zero-order valence-electron chi connectivity index (χ0n) is 16.1. The summed E-state index contributed by atoms with van der Waals surface area (Å²) in [5.74, 6) is 0.0754. The van der Waals surface area contributed by atoms with Gasteiger partial charge in [-0.2, -0.15) is 0 Å². The van der Waals surface area contributed by atoms with E-state index >= 15 is 0 Å². The Morgan fingerprint density at radius 1 is 1.03 bits per heavy atom. The molecule has 0 aliphatic rings. The number of amides is 1. The molecule has 0 unspecified atom stereocenters. The van der Waals surface area contributed by atoms with Gasteiger partial charge in [0.15, 0.2) is 10.2 Å². The highest BCUT2D eigenvalue weighted by Gasteiger charge is 2.23. The van der Waals surface area contributed by atoms with Crippen molar-refractivity contribution in [2.75, 3.05) is 12.4 Å². The molecule has 0 aliphatic heterocycles. The Morgan fingerprint density at radius 2 is 1.83 bits per heavy atom. The third-order valence-electron chi connectivity index (χ3n) is 4.32. The van der Waals surface area contributed by atoms with Crippen molar-refractivity contribution >= 4 is 42.4 Å². The molecule has 1 N–H and O–H groups in total. The maximum Gasteiger partial charge on any atom is 0.227 e. The van der Waals surface area contributed by atoms with E-state index < -0.39 is 9.84 Å². The van der Waals surface area contributed by atoms with Gasteiger partial charge < -0.3 is 10.1 Å². The minimum atomic E-state index is -3.86. The van der Waals surface area contributed by atoms with Gasteiger partial charge in [0.05, 0.1) is 23.0 Å². The van der Waals surface area contributed by atoms with Gasteiger partial charge in [0, 0.05) is 12.5 Å². The number of carbonyl (C=O) groups excluding carboxylic acids is 1. The van der Waals surface area contributed by atoms with Crippen LogP contribution in [0.25, 0.3) is 21.5 Å². The van der Waals surface area contributed by atoms with Crippen LogP contribution in [0.2, 0.25) is 0 Å². The summed E-state index contributed by atoms with van der Waals surface area (Å²) in [6.07, 6.45) is 0. The number of ether oxygens (including phenoxy) is 1. The van der Waals surface area contributed by atoms with Gasteiger partial charge in [-0.1, -0.05) is 35.6 Å². The predicted octanol–water partition coefficient (Wildman–Crippen LogP) is 4.16. The van der Waals surface area contributed by atoms with Crippen LogP contribution in [0.5, 0.6) is 5.75 Å². The average Bonchev–Trinajstić information content (AvgIpc) is 3.14. The number of fused-ring (bicyclic) bond motifs is 1. The van der Waals surface area contributed by atoms with Crippen LogP contribution in [0.1, 0.15) is 6.92 Å². The van der Waals surface area contributed by atoms with Crippen LogP contribution in [0.15, 0.2) is 70.6 Å². The van der Waals surface area contributed by atoms with E-state index in [0.717, 1.165) is 15.8 Å². The smallest absolute Gasteiger partial charge is 0.227 e. The SMILES string of the molecule is COc1ccccc1S(=O)(=O)c1cccc(-c2ccc3nc(NC(C)=O)sc3c2)n1. The Hall–Kier alpha value is -3.30. The second kappa shape index (κ2) is 7.85. The number of nitrogens with zero attached hydrogens (tertiary/aromatic N) is 2. The number of rotatable bonds is 5. The van der Waals surface area contributed by atoms with Crippen LogP contribution in [0.3, 0.4) is 0 Å². The molecule has 2 heterocycles. The standard InChI is InChI=1S/C21H17N3O4S2/c1-13(25)22-21-24-16-11-10-14(12-18(16)29-21)15-6-5-9-20(23-15)30(26,27)19-8-4-3-7-17(19)28-2/h3-12H,1-2H3,(H,22,24,25). The number of aromatic nitrogens is 2. The van der Waals surface area contributed by atoms with E-state index in [1.54, 1.807) is 30.3 Å². The zero-order chi connectivity index (χ0) is 21.3. The van der Waals surface area contributed by atoms with Crippen molar-refractivity contribution in [3.8, 4) is 17.0 Å². The summed E-state index contributed by atoms with van der Waals surface area (Å²) in [5, 5.41) is 3.12. The van der Waals surface area contributed by atoms with Gasteiger partial charge in [0.1, 0.15) is 10.6 Å². The van der Waals surface area contributed by atoms with Crippen LogP contribution < -0.4 is 10.1 Å². The molecular weight excluding hydrogens is 422 g/mol. The first-order valence-electron chi connectivity index (χ1n) is 8.92. The quantitative estimate of drug-likeness (QED) is 0.501. The van der Waals surface area contributed by atoms with Gasteiger partial charge >= 0.3 is 0 Å². The Kier molecular flexibility index (Phi) is 5.23. The highest BCUT2D eigenvalue weighted by atomic mass is 32.2. The third-order valence-corrected chi connectivity index (χ3v) is 6.95. The van der Waals surface area contributed by atoms with E-state index in [1.165, 1.54) is 37.5 Å². The van der Waals surface area contributed by atoms with Gasteiger partial charge in [-0.3, -0.25) is 4.79 Å². The van der Waals surface area contributed by atoms with E-state index in [1.807, 2.05) is 18.2 Å². The fourth-order valence-electron chi connectivity index (χ4n) is 2.97. The molecule has 0 saturated carbocycles. The molecule has 0 fully saturated rings. The van der Waals surface area contributed by atoms with E-state index in [-0.39, 0.29) is 21.6 Å². The normalized spacial score (nSPS) is 11.4. The van der Waals surface area contributed by atoms with Gasteiger partial charge in [0.25, 0.3) is 0 Å². The van der Waals surface area contributed by atoms with Crippen molar-refractivity contribution in [1.82, 2.24) is 9.97 Å². The summed E-state index contributed by atoms with van der Waals surface area (Å²) in [4.78, 5) is 20.1. The summed E-state index contributed by atoms with van der Waals surface area (Å²) >= 11 is 1.34.